The van der Waals surface area contributed by atoms with Gasteiger partial charge in [-0.3, -0.25) is 0 Å². The Morgan fingerprint density at radius 3 is 2.27 bits per heavy atom. The second-order valence-corrected chi connectivity index (χ2v) is 5.42. The van der Waals surface area contributed by atoms with Crippen molar-refractivity contribution in [3.05, 3.63) is 15.6 Å². The maximum atomic E-state index is 5.63. The lowest BCUT2D eigenvalue weighted by Crippen LogP contribution is -1.91. The lowest BCUT2D eigenvalue weighted by atomic mass is 10.9. The summed E-state index contributed by atoms with van der Waals surface area (Å²) in [5.74, 6) is 0. The average Bonchev–Trinajstić information content (AvgIpc) is 2.49. The summed E-state index contributed by atoms with van der Waals surface area (Å²) in [7, 11) is 0. The fraction of sp³-hybridized carbons (Fsp3) is 0.167. The van der Waals surface area contributed by atoms with Crippen LogP contribution in [0.2, 0.25) is 10.6 Å². The van der Waals surface area contributed by atoms with Crippen LogP contribution in [0.3, 0.4) is 0 Å². The standard InChI is InChI=1S/C6H3Cl2N5S2/c1-2-12-13-6(14-2)15-5-10-3(7)9-4(8)11-5/h1H3. The highest BCUT2D eigenvalue weighted by molar-refractivity contribution is 8.00. The number of halogens is 2. The van der Waals surface area contributed by atoms with Crippen molar-refractivity contribution in [2.45, 2.75) is 16.4 Å². The summed E-state index contributed by atoms with van der Waals surface area (Å²) in [6.07, 6.45) is 0. The minimum absolute atomic E-state index is 0.0683. The van der Waals surface area contributed by atoms with Crippen LogP contribution < -0.4 is 0 Å². The molecule has 2 rings (SSSR count). The normalized spacial score (nSPS) is 10.6. The minimum atomic E-state index is 0.0683. The first kappa shape index (κ1) is 11.0. The highest BCUT2D eigenvalue weighted by Gasteiger charge is 2.08. The molecular formula is C6H3Cl2N5S2. The Morgan fingerprint density at radius 2 is 1.73 bits per heavy atom. The van der Waals surface area contributed by atoms with Crippen molar-refractivity contribution in [1.82, 2.24) is 25.1 Å². The van der Waals surface area contributed by atoms with Crippen LogP contribution in [0.1, 0.15) is 5.01 Å². The number of rotatable bonds is 2. The van der Waals surface area contributed by atoms with Crippen LogP contribution in [0.4, 0.5) is 0 Å². The van der Waals surface area contributed by atoms with E-state index in [2.05, 4.69) is 25.1 Å². The Kier molecular flexibility index (Phi) is 3.35. The first-order chi connectivity index (χ1) is 7.13. The monoisotopic (exact) mass is 279 g/mol. The second kappa shape index (κ2) is 4.56. The van der Waals surface area contributed by atoms with Gasteiger partial charge in [-0.25, -0.2) is 0 Å². The summed E-state index contributed by atoms with van der Waals surface area (Å²) in [6, 6.07) is 0. The molecule has 78 valence electrons. The summed E-state index contributed by atoms with van der Waals surface area (Å²) < 4.78 is 0.742. The van der Waals surface area contributed by atoms with Crippen LogP contribution in [0.15, 0.2) is 9.50 Å². The fourth-order valence-electron chi connectivity index (χ4n) is 0.752. The van der Waals surface area contributed by atoms with Crippen LogP contribution in [0, 0.1) is 6.92 Å². The van der Waals surface area contributed by atoms with Crippen molar-refractivity contribution in [1.29, 1.82) is 0 Å². The summed E-state index contributed by atoms with van der Waals surface area (Å²) >= 11 is 14.0. The molecular weight excluding hydrogens is 277 g/mol. The Balaban J connectivity index is 2.24. The average molecular weight is 280 g/mol. The Labute approximate surface area is 103 Å². The van der Waals surface area contributed by atoms with Gasteiger partial charge in [0, 0.05) is 0 Å². The maximum absolute atomic E-state index is 5.63. The second-order valence-electron chi connectivity index (χ2n) is 2.35. The summed E-state index contributed by atoms with van der Waals surface area (Å²) in [4.78, 5) is 11.4. The highest BCUT2D eigenvalue weighted by Crippen LogP contribution is 2.28. The maximum Gasteiger partial charge on any atom is 0.227 e. The van der Waals surface area contributed by atoms with Crippen LogP contribution >= 0.6 is 46.3 Å². The van der Waals surface area contributed by atoms with Gasteiger partial charge in [0.15, 0.2) is 9.50 Å². The summed E-state index contributed by atoms with van der Waals surface area (Å²) in [5, 5.41) is 9.21. The van der Waals surface area contributed by atoms with E-state index in [-0.39, 0.29) is 10.6 Å². The SMILES string of the molecule is Cc1nnc(Sc2nc(Cl)nc(Cl)n2)s1. The van der Waals surface area contributed by atoms with Crippen molar-refractivity contribution in [2.24, 2.45) is 0 Å². The predicted octanol–water partition coefficient (Wildman–Crippen LogP) is 2.49. The molecule has 5 nitrogen and oxygen atoms in total. The molecule has 0 aliphatic carbocycles. The molecule has 9 heteroatoms. The van der Waals surface area contributed by atoms with Crippen molar-refractivity contribution < 1.29 is 0 Å². The molecule has 2 heterocycles. The highest BCUT2D eigenvalue weighted by atomic mass is 35.5. The van der Waals surface area contributed by atoms with E-state index in [1.54, 1.807) is 0 Å². The molecule has 0 spiro atoms. The smallest absolute Gasteiger partial charge is 0.191 e. The molecule has 2 aromatic heterocycles. The van der Waals surface area contributed by atoms with E-state index in [9.17, 15) is 0 Å². The van der Waals surface area contributed by atoms with Crippen molar-refractivity contribution in [3.63, 3.8) is 0 Å². The van der Waals surface area contributed by atoms with Gasteiger partial charge in [-0.15, -0.1) is 10.2 Å². The van der Waals surface area contributed by atoms with Gasteiger partial charge < -0.3 is 0 Å². The van der Waals surface area contributed by atoms with E-state index in [4.69, 9.17) is 23.2 Å². The molecule has 0 saturated carbocycles. The third-order valence-electron chi connectivity index (χ3n) is 1.25. The number of hydrogen-bond acceptors (Lipinski definition) is 7. The van der Waals surface area contributed by atoms with Gasteiger partial charge in [0.05, 0.1) is 0 Å². The third-order valence-corrected chi connectivity index (χ3v) is 3.34. The molecule has 2 aromatic rings. The van der Waals surface area contributed by atoms with E-state index in [1.807, 2.05) is 6.92 Å². The van der Waals surface area contributed by atoms with Crippen LogP contribution in [-0.4, -0.2) is 25.1 Å². The van der Waals surface area contributed by atoms with Crippen LogP contribution in [0.25, 0.3) is 0 Å². The largest absolute Gasteiger partial charge is 0.227 e. The molecule has 0 aliphatic rings. The molecule has 0 saturated heterocycles. The van der Waals surface area contributed by atoms with Gasteiger partial charge in [0.25, 0.3) is 0 Å². The quantitative estimate of drug-likeness (QED) is 0.842. The van der Waals surface area contributed by atoms with E-state index >= 15 is 0 Å². The van der Waals surface area contributed by atoms with Gasteiger partial charge >= 0.3 is 0 Å². The Morgan fingerprint density at radius 1 is 1.07 bits per heavy atom. The topological polar surface area (TPSA) is 64.5 Å². The fourth-order valence-corrected chi connectivity index (χ4v) is 2.89. The molecule has 0 unspecified atom stereocenters. The van der Waals surface area contributed by atoms with Crippen LogP contribution in [-0.2, 0) is 0 Å². The predicted molar refractivity (Wildman–Crippen MR) is 58.6 cm³/mol. The molecule has 0 radical (unpaired) electrons. The Bertz CT molecular complexity index is 468. The first-order valence-corrected chi connectivity index (χ1v) is 6.07. The summed E-state index contributed by atoms with van der Waals surface area (Å²) in [6.45, 7) is 1.87. The number of aryl methyl sites for hydroxylation is 1. The van der Waals surface area contributed by atoms with E-state index in [1.165, 1.54) is 23.1 Å². The first-order valence-electron chi connectivity index (χ1n) is 3.68. The van der Waals surface area contributed by atoms with Gasteiger partial charge in [-0.1, -0.05) is 11.3 Å². The zero-order chi connectivity index (χ0) is 10.8. The van der Waals surface area contributed by atoms with E-state index in [0.717, 1.165) is 9.35 Å². The van der Waals surface area contributed by atoms with E-state index < -0.39 is 0 Å². The van der Waals surface area contributed by atoms with Gasteiger partial charge in [-0.05, 0) is 41.9 Å². The molecule has 0 N–H and O–H groups in total. The molecule has 0 amide bonds. The lowest BCUT2D eigenvalue weighted by molar-refractivity contribution is 0.898. The molecule has 0 atom stereocenters. The molecule has 15 heavy (non-hydrogen) atoms. The van der Waals surface area contributed by atoms with Crippen molar-refractivity contribution in [3.8, 4) is 0 Å². The van der Waals surface area contributed by atoms with Gasteiger partial charge in [0.1, 0.15) is 5.01 Å². The number of nitrogens with zero attached hydrogens (tertiary/aromatic N) is 5. The minimum Gasteiger partial charge on any atom is -0.191 e. The third kappa shape index (κ3) is 2.97. The zero-order valence-electron chi connectivity index (χ0n) is 7.31. The molecule has 0 bridgehead atoms. The van der Waals surface area contributed by atoms with Crippen molar-refractivity contribution >= 4 is 46.3 Å². The Hall–Kier alpha value is -0.500. The van der Waals surface area contributed by atoms with Gasteiger partial charge in [-0.2, -0.15) is 15.0 Å². The lowest BCUT2D eigenvalue weighted by Gasteiger charge is -1.95. The van der Waals surface area contributed by atoms with Crippen LogP contribution in [0.5, 0.6) is 0 Å². The van der Waals surface area contributed by atoms with Gasteiger partial charge in [0.2, 0.25) is 10.6 Å². The zero-order valence-corrected chi connectivity index (χ0v) is 10.5. The number of aromatic nitrogens is 5. The number of hydrogen-bond donors (Lipinski definition) is 0. The van der Waals surface area contributed by atoms with Crippen molar-refractivity contribution in [2.75, 3.05) is 0 Å². The molecule has 0 aromatic carbocycles. The van der Waals surface area contributed by atoms with E-state index in [0.29, 0.717) is 5.16 Å². The summed E-state index contributed by atoms with van der Waals surface area (Å²) in [5.41, 5.74) is 0. The molecule has 0 aliphatic heterocycles. The molecule has 0 fully saturated rings.